The quantitative estimate of drug-likeness (QED) is 0.685. The number of hydrogen-bond acceptors (Lipinski definition) is 7. The number of nitrogens with zero attached hydrogens (tertiary/aromatic N) is 5. The van der Waals surface area contributed by atoms with Gasteiger partial charge < -0.3 is 10.2 Å². The van der Waals surface area contributed by atoms with E-state index in [-0.39, 0.29) is 0 Å². The minimum absolute atomic E-state index is 0.342. The third kappa shape index (κ3) is 3.14. The standard InChI is InChI=1S/C15H20N6S/c1-10-11(2)18-15(22-3)20-13(10)21-8-5-12(9-21)19-14-16-6-4-7-17-14/h4,6-7,12H,5,8-9H2,1-3H3,(H,16,17,19). The minimum Gasteiger partial charge on any atom is -0.354 e. The van der Waals surface area contributed by atoms with Crippen LogP contribution >= 0.6 is 11.8 Å². The van der Waals surface area contributed by atoms with Crippen molar-refractivity contribution in [2.75, 3.05) is 29.6 Å². The molecule has 0 amide bonds. The predicted octanol–water partition coefficient (Wildman–Crippen LogP) is 2.30. The van der Waals surface area contributed by atoms with Crippen molar-refractivity contribution in [1.82, 2.24) is 19.9 Å². The van der Waals surface area contributed by atoms with Crippen LogP contribution in [0, 0.1) is 13.8 Å². The molecule has 1 N–H and O–H groups in total. The number of nitrogens with one attached hydrogen (secondary N) is 1. The Labute approximate surface area is 134 Å². The summed E-state index contributed by atoms with van der Waals surface area (Å²) in [5.41, 5.74) is 2.21. The highest BCUT2D eigenvalue weighted by molar-refractivity contribution is 7.98. The molecule has 3 heterocycles. The van der Waals surface area contributed by atoms with Crippen molar-refractivity contribution < 1.29 is 0 Å². The van der Waals surface area contributed by atoms with Crippen LogP contribution in [0.5, 0.6) is 0 Å². The van der Waals surface area contributed by atoms with Crippen molar-refractivity contribution in [1.29, 1.82) is 0 Å². The maximum Gasteiger partial charge on any atom is 0.222 e. The summed E-state index contributed by atoms with van der Waals surface area (Å²) >= 11 is 1.58. The van der Waals surface area contributed by atoms with E-state index in [0.717, 1.165) is 41.7 Å². The molecule has 0 saturated carbocycles. The van der Waals surface area contributed by atoms with Gasteiger partial charge in [-0.15, -0.1) is 0 Å². The Morgan fingerprint density at radius 1 is 1.23 bits per heavy atom. The summed E-state index contributed by atoms with van der Waals surface area (Å²) in [6.45, 7) is 6.03. The van der Waals surface area contributed by atoms with Crippen LogP contribution in [0.2, 0.25) is 0 Å². The molecule has 22 heavy (non-hydrogen) atoms. The van der Waals surface area contributed by atoms with Gasteiger partial charge in [0.15, 0.2) is 5.16 Å². The molecule has 1 fully saturated rings. The Kier molecular flexibility index (Phi) is 4.42. The number of rotatable bonds is 4. The fraction of sp³-hybridized carbons (Fsp3) is 0.467. The van der Waals surface area contributed by atoms with E-state index in [1.807, 2.05) is 19.2 Å². The van der Waals surface area contributed by atoms with Gasteiger partial charge in [-0.3, -0.25) is 0 Å². The number of aryl methyl sites for hydroxylation is 1. The maximum absolute atomic E-state index is 4.69. The van der Waals surface area contributed by atoms with Crippen LogP contribution in [-0.4, -0.2) is 45.3 Å². The number of hydrogen-bond donors (Lipinski definition) is 1. The molecule has 1 unspecified atom stereocenters. The van der Waals surface area contributed by atoms with Crippen LogP contribution in [-0.2, 0) is 0 Å². The van der Waals surface area contributed by atoms with Gasteiger partial charge in [0.2, 0.25) is 5.95 Å². The lowest BCUT2D eigenvalue weighted by atomic mass is 10.2. The summed E-state index contributed by atoms with van der Waals surface area (Å²) in [6.07, 6.45) is 6.57. The van der Waals surface area contributed by atoms with Crippen molar-refractivity contribution in [2.45, 2.75) is 31.5 Å². The number of aromatic nitrogens is 4. The first-order chi connectivity index (χ1) is 10.7. The molecule has 1 atom stereocenters. The van der Waals surface area contributed by atoms with Crippen LogP contribution in [0.1, 0.15) is 17.7 Å². The van der Waals surface area contributed by atoms with Crippen molar-refractivity contribution in [3.8, 4) is 0 Å². The SMILES string of the molecule is CSc1nc(C)c(C)c(N2CCC(Nc3ncccn3)C2)n1. The average molecular weight is 316 g/mol. The summed E-state index contributed by atoms with van der Waals surface area (Å²) in [7, 11) is 0. The summed E-state index contributed by atoms with van der Waals surface area (Å²) < 4.78 is 0. The molecule has 0 spiro atoms. The zero-order valence-corrected chi connectivity index (χ0v) is 13.9. The first kappa shape index (κ1) is 15.0. The Bertz CT molecular complexity index is 648. The topological polar surface area (TPSA) is 66.8 Å². The summed E-state index contributed by atoms with van der Waals surface area (Å²) in [6, 6.07) is 2.16. The second kappa shape index (κ2) is 6.48. The lowest BCUT2D eigenvalue weighted by Gasteiger charge is -2.21. The number of thioether (sulfide) groups is 1. The molecule has 1 aliphatic rings. The van der Waals surface area contributed by atoms with Crippen LogP contribution in [0.3, 0.4) is 0 Å². The fourth-order valence-corrected chi connectivity index (χ4v) is 3.02. The van der Waals surface area contributed by atoms with Gasteiger partial charge in [0.1, 0.15) is 5.82 Å². The molecular formula is C15H20N6S. The van der Waals surface area contributed by atoms with Gasteiger partial charge in [0, 0.05) is 42.8 Å². The van der Waals surface area contributed by atoms with Gasteiger partial charge in [-0.1, -0.05) is 11.8 Å². The first-order valence-corrected chi connectivity index (χ1v) is 8.57. The highest BCUT2D eigenvalue weighted by Gasteiger charge is 2.26. The van der Waals surface area contributed by atoms with Gasteiger partial charge in [-0.25, -0.2) is 19.9 Å². The van der Waals surface area contributed by atoms with E-state index in [0.29, 0.717) is 12.0 Å². The van der Waals surface area contributed by atoms with E-state index in [4.69, 9.17) is 4.98 Å². The van der Waals surface area contributed by atoms with Crippen LogP contribution in [0.15, 0.2) is 23.6 Å². The molecule has 6 nitrogen and oxygen atoms in total. The lowest BCUT2D eigenvalue weighted by molar-refractivity contribution is 0.788. The van der Waals surface area contributed by atoms with Crippen LogP contribution < -0.4 is 10.2 Å². The summed E-state index contributed by atoms with van der Waals surface area (Å²) in [5, 5.41) is 4.22. The molecule has 0 bridgehead atoms. The molecule has 1 saturated heterocycles. The largest absolute Gasteiger partial charge is 0.354 e. The van der Waals surface area contributed by atoms with Gasteiger partial charge in [0.25, 0.3) is 0 Å². The summed E-state index contributed by atoms with van der Waals surface area (Å²) in [4.78, 5) is 20.0. The molecule has 3 rings (SSSR count). The predicted molar refractivity (Wildman–Crippen MR) is 89.6 cm³/mol. The molecule has 2 aromatic heterocycles. The highest BCUT2D eigenvalue weighted by Crippen LogP contribution is 2.26. The molecule has 7 heteroatoms. The third-order valence-electron chi connectivity index (χ3n) is 3.91. The smallest absolute Gasteiger partial charge is 0.222 e. The molecule has 2 aromatic rings. The number of anilines is 2. The van der Waals surface area contributed by atoms with E-state index in [1.54, 1.807) is 24.2 Å². The van der Waals surface area contributed by atoms with E-state index >= 15 is 0 Å². The maximum atomic E-state index is 4.69. The molecule has 0 aliphatic carbocycles. The normalized spacial score (nSPS) is 17.8. The van der Waals surface area contributed by atoms with Crippen LogP contribution in [0.4, 0.5) is 11.8 Å². The zero-order chi connectivity index (χ0) is 15.5. The Hall–Kier alpha value is -1.89. The van der Waals surface area contributed by atoms with Crippen LogP contribution in [0.25, 0.3) is 0 Å². The monoisotopic (exact) mass is 316 g/mol. The van der Waals surface area contributed by atoms with E-state index in [2.05, 4.69) is 32.1 Å². The summed E-state index contributed by atoms with van der Waals surface area (Å²) in [5.74, 6) is 1.74. The van der Waals surface area contributed by atoms with E-state index in [1.165, 1.54) is 0 Å². The van der Waals surface area contributed by atoms with Gasteiger partial charge in [-0.05, 0) is 32.6 Å². The molecule has 0 radical (unpaired) electrons. The molecule has 116 valence electrons. The molecule has 0 aromatic carbocycles. The van der Waals surface area contributed by atoms with E-state index in [9.17, 15) is 0 Å². The van der Waals surface area contributed by atoms with Crippen molar-refractivity contribution in [3.63, 3.8) is 0 Å². The first-order valence-electron chi connectivity index (χ1n) is 7.35. The highest BCUT2D eigenvalue weighted by atomic mass is 32.2. The van der Waals surface area contributed by atoms with Crippen molar-refractivity contribution in [3.05, 3.63) is 29.7 Å². The fourth-order valence-electron chi connectivity index (χ4n) is 2.61. The Morgan fingerprint density at radius 2 is 2.00 bits per heavy atom. The average Bonchev–Trinajstić information content (AvgIpc) is 2.99. The van der Waals surface area contributed by atoms with Gasteiger partial charge in [-0.2, -0.15) is 0 Å². The molecule has 1 aliphatic heterocycles. The van der Waals surface area contributed by atoms with Gasteiger partial charge in [0.05, 0.1) is 0 Å². The van der Waals surface area contributed by atoms with Crippen molar-refractivity contribution >= 4 is 23.5 Å². The third-order valence-corrected chi connectivity index (χ3v) is 4.46. The Morgan fingerprint density at radius 3 is 2.73 bits per heavy atom. The second-order valence-corrected chi connectivity index (χ2v) is 6.17. The lowest BCUT2D eigenvalue weighted by Crippen LogP contribution is -2.28. The minimum atomic E-state index is 0.342. The Balaban J connectivity index is 1.74. The van der Waals surface area contributed by atoms with Gasteiger partial charge >= 0.3 is 0 Å². The van der Waals surface area contributed by atoms with E-state index < -0.39 is 0 Å². The second-order valence-electron chi connectivity index (χ2n) is 5.39. The van der Waals surface area contributed by atoms with Crippen molar-refractivity contribution in [2.24, 2.45) is 0 Å². The zero-order valence-electron chi connectivity index (χ0n) is 13.1. The molecular weight excluding hydrogens is 296 g/mol.